The second kappa shape index (κ2) is 8.05. The standard InChI is InChI=1S/C19H18FN3O2S/c1-12(16-5-3-4-10-21-16)23-19(24)18-13(2)22-17(26-18)11-25-15-8-6-14(20)7-9-15/h3-10,12H,11H2,1-2H3,(H,23,24). The van der Waals surface area contributed by atoms with Gasteiger partial charge in [-0.2, -0.15) is 0 Å². The van der Waals surface area contributed by atoms with E-state index in [9.17, 15) is 9.18 Å². The molecule has 2 heterocycles. The number of carbonyl (C=O) groups excluding carboxylic acids is 1. The highest BCUT2D eigenvalue weighted by Crippen LogP contribution is 2.21. The Morgan fingerprint density at radius 2 is 2.04 bits per heavy atom. The first-order chi connectivity index (χ1) is 12.5. The molecular weight excluding hydrogens is 353 g/mol. The Labute approximate surface area is 154 Å². The molecule has 1 atom stereocenters. The van der Waals surface area contributed by atoms with Crippen molar-refractivity contribution in [2.45, 2.75) is 26.5 Å². The molecule has 0 radical (unpaired) electrons. The second-order valence-corrected chi connectivity index (χ2v) is 6.80. The van der Waals surface area contributed by atoms with Crippen LogP contribution < -0.4 is 10.1 Å². The van der Waals surface area contributed by atoms with Crippen LogP contribution in [-0.2, 0) is 6.61 Å². The third kappa shape index (κ3) is 4.43. The first-order valence-corrected chi connectivity index (χ1v) is 8.91. The number of benzene rings is 1. The van der Waals surface area contributed by atoms with Gasteiger partial charge in [-0.05, 0) is 50.2 Å². The first-order valence-electron chi connectivity index (χ1n) is 8.09. The van der Waals surface area contributed by atoms with E-state index in [0.29, 0.717) is 21.3 Å². The molecule has 1 amide bonds. The molecule has 26 heavy (non-hydrogen) atoms. The van der Waals surface area contributed by atoms with Crippen LogP contribution in [0.4, 0.5) is 4.39 Å². The number of nitrogens with zero attached hydrogens (tertiary/aromatic N) is 2. The summed E-state index contributed by atoms with van der Waals surface area (Å²) < 4.78 is 18.5. The zero-order valence-corrected chi connectivity index (χ0v) is 15.2. The van der Waals surface area contributed by atoms with E-state index in [2.05, 4.69) is 15.3 Å². The molecule has 0 fully saturated rings. The van der Waals surface area contributed by atoms with Crippen molar-refractivity contribution in [1.82, 2.24) is 15.3 Å². The summed E-state index contributed by atoms with van der Waals surface area (Å²) in [4.78, 5) is 21.7. The van der Waals surface area contributed by atoms with Gasteiger partial charge in [-0.1, -0.05) is 6.07 Å². The van der Waals surface area contributed by atoms with Gasteiger partial charge >= 0.3 is 0 Å². The SMILES string of the molecule is Cc1nc(COc2ccc(F)cc2)sc1C(=O)NC(C)c1ccccn1. The maximum absolute atomic E-state index is 12.9. The lowest BCUT2D eigenvalue weighted by atomic mass is 10.2. The highest BCUT2D eigenvalue weighted by atomic mass is 32.1. The fourth-order valence-corrected chi connectivity index (χ4v) is 3.25. The fourth-order valence-electron chi connectivity index (χ4n) is 2.37. The number of hydrogen-bond donors (Lipinski definition) is 1. The van der Waals surface area contributed by atoms with E-state index >= 15 is 0 Å². The van der Waals surface area contributed by atoms with E-state index in [0.717, 1.165) is 5.69 Å². The van der Waals surface area contributed by atoms with E-state index in [1.54, 1.807) is 25.3 Å². The summed E-state index contributed by atoms with van der Waals surface area (Å²) in [7, 11) is 0. The van der Waals surface area contributed by atoms with Crippen LogP contribution in [0.15, 0.2) is 48.7 Å². The number of amides is 1. The highest BCUT2D eigenvalue weighted by Gasteiger charge is 2.18. The van der Waals surface area contributed by atoms with Gasteiger partial charge in [0.05, 0.1) is 17.4 Å². The number of thiazole rings is 1. The zero-order valence-electron chi connectivity index (χ0n) is 14.4. The number of pyridine rings is 1. The van der Waals surface area contributed by atoms with Gasteiger partial charge in [-0.3, -0.25) is 9.78 Å². The average molecular weight is 371 g/mol. The van der Waals surface area contributed by atoms with Gasteiger partial charge in [0.15, 0.2) is 0 Å². The molecule has 0 saturated carbocycles. The van der Waals surface area contributed by atoms with Crippen LogP contribution in [0.3, 0.4) is 0 Å². The summed E-state index contributed by atoms with van der Waals surface area (Å²) in [6.45, 7) is 3.90. The fraction of sp³-hybridized carbons (Fsp3) is 0.211. The topological polar surface area (TPSA) is 64.1 Å². The summed E-state index contributed by atoms with van der Waals surface area (Å²) >= 11 is 1.28. The lowest BCUT2D eigenvalue weighted by Gasteiger charge is -2.12. The maximum Gasteiger partial charge on any atom is 0.263 e. The predicted octanol–water partition coefficient (Wildman–Crippen LogP) is 4.06. The lowest BCUT2D eigenvalue weighted by Crippen LogP contribution is -2.27. The van der Waals surface area contributed by atoms with Crippen molar-refractivity contribution in [3.05, 3.63) is 75.8 Å². The van der Waals surface area contributed by atoms with Crippen LogP contribution in [0, 0.1) is 12.7 Å². The van der Waals surface area contributed by atoms with Crippen molar-refractivity contribution in [1.29, 1.82) is 0 Å². The molecule has 5 nitrogen and oxygen atoms in total. The minimum Gasteiger partial charge on any atom is -0.486 e. The summed E-state index contributed by atoms with van der Waals surface area (Å²) in [6.07, 6.45) is 1.70. The van der Waals surface area contributed by atoms with E-state index in [1.807, 2.05) is 25.1 Å². The monoisotopic (exact) mass is 371 g/mol. The lowest BCUT2D eigenvalue weighted by molar-refractivity contribution is 0.0942. The number of hydrogen-bond acceptors (Lipinski definition) is 5. The largest absolute Gasteiger partial charge is 0.486 e. The summed E-state index contributed by atoms with van der Waals surface area (Å²) in [5, 5.41) is 3.62. The minimum atomic E-state index is -0.316. The van der Waals surface area contributed by atoms with Crippen molar-refractivity contribution >= 4 is 17.2 Å². The number of aryl methyl sites for hydroxylation is 1. The molecule has 3 rings (SSSR count). The van der Waals surface area contributed by atoms with E-state index in [1.165, 1.54) is 23.5 Å². The molecule has 0 spiro atoms. The summed E-state index contributed by atoms with van der Waals surface area (Å²) in [6, 6.07) is 11.2. The van der Waals surface area contributed by atoms with Crippen LogP contribution in [0.2, 0.25) is 0 Å². The third-order valence-corrected chi connectivity index (χ3v) is 4.83. The van der Waals surface area contributed by atoms with Crippen molar-refractivity contribution in [2.24, 2.45) is 0 Å². The average Bonchev–Trinajstić information content (AvgIpc) is 3.03. The molecular formula is C19H18FN3O2S. The van der Waals surface area contributed by atoms with Crippen LogP contribution in [0.25, 0.3) is 0 Å². The van der Waals surface area contributed by atoms with Crippen LogP contribution in [0.1, 0.15) is 39.0 Å². The van der Waals surface area contributed by atoms with E-state index in [-0.39, 0.29) is 24.4 Å². The number of aromatic nitrogens is 2. The van der Waals surface area contributed by atoms with Gasteiger partial charge in [0.25, 0.3) is 5.91 Å². The molecule has 0 saturated heterocycles. The second-order valence-electron chi connectivity index (χ2n) is 5.71. The molecule has 0 aliphatic heterocycles. The Morgan fingerprint density at radius 1 is 1.27 bits per heavy atom. The number of halogens is 1. The molecule has 2 aromatic heterocycles. The Balaban J connectivity index is 1.63. The molecule has 0 aliphatic carbocycles. The van der Waals surface area contributed by atoms with Gasteiger partial charge < -0.3 is 10.1 Å². The minimum absolute atomic E-state index is 0.189. The van der Waals surface area contributed by atoms with Crippen LogP contribution >= 0.6 is 11.3 Å². The van der Waals surface area contributed by atoms with Crippen molar-refractivity contribution < 1.29 is 13.9 Å². The molecule has 134 valence electrons. The molecule has 0 bridgehead atoms. The van der Waals surface area contributed by atoms with Gasteiger partial charge in [-0.25, -0.2) is 9.37 Å². The van der Waals surface area contributed by atoms with Gasteiger partial charge in [0.2, 0.25) is 0 Å². The van der Waals surface area contributed by atoms with Crippen molar-refractivity contribution in [3.63, 3.8) is 0 Å². The summed E-state index contributed by atoms with van der Waals surface area (Å²) in [5.74, 6) is 0.0450. The van der Waals surface area contributed by atoms with E-state index in [4.69, 9.17) is 4.74 Å². The number of rotatable bonds is 6. The smallest absolute Gasteiger partial charge is 0.263 e. The van der Waals surface area contributed by atoms with Crippen molar-refractivity contribution in [3.8, 4) is 5.75 Å². The summed E-state index contributed by atoms with van der Waals surface area (Å²) in [5.41, 5.74) is 1.45. The van der Waals surface area contributed by atoms with Crippen LogP contribution in [0.5, 0.6) is 5.75 Å². The number of ether oxygens (including phenoxy) is 1. The zero-order chi connectivity index (χ0) is 18.5. The normalized spacial score (nSPS) is 11.8. The number of carbonyl (C=O) groups is 1. The molecule has 1 aromatic carbocycles. The van der Waals surface area contributed by atoms with Gasteiger partial charge in [-0.15, -0.1) is 11.3 Å². The van der Waals surface area contributed by atoms with Crippen LogP contribution in [-0.4, -0.2) is 15.9 Å². The van der Waals surface area contributed by atoms with Gasteiger partial charge in [0.1, 0.15) is 28.1 Å². The van der Waals surface area contributed by atoms with Crippen molar-refractivity contribution in [2.75, 3.05) is 0 Å². The highest BCUT2D eigenvalue weighted by molar-refractivity contribution is 7.13. The predicted molar refractivity (Wildman–Crippen MR) is 97.7 cm³/mol. The molecule has 1 N–H and O–H groups in total. The first kappa shape index (κ1) is 18.0. The molecule has 1 unspecified atom stereocenters. The number of nitrogens with one attached hydrogen (secondary N) is 1. The quantitative estimate of drug-likeness (QED) is 0.710. The van der Waals surface area contributed by atoms with Gasteiger partial charge in [0, 0.05) is 6.20 Å². The Morgan fingerprint density at radius 3 is 2.73 bits per heavy atom. The molecule has 7 heteroatoms. The molecule has 3 aromatic rings. The maximum atomic E-state index is 12.9. The van der Waals surface area contributed by atoms with E-state index < -0.39 is 0 Å². The Bertz CT molecular complexity index is 882. The Kier molecular flexibility index (Phi) is 5.58. The third-order valence-electron chi connectivity index (χ3n) is 3.70. The molecule has 0 aliphatic rings. The Hall–Kier alpha value is -2.80.